The van der Waals surface area contributed by atoms with Crippen molar-refractivity contribution in [1.82, 2.24) is 0 Å². The van der Waals surface area contributed by atoms with Gasteiger partial charge in [-0.1, -0.05) is 142 Å². The van der Waals surface area contributed by atoms with E-state index in [0.717, 1.165) is 32.1 Å². The van der Waals surface area contributed by atoms with Crippen LogP contribution in [0.1, 0.15) is 84.0 Å². The third-order valence-corrected chi connectivity index (χ3v) is 14.8. The quantitative estimate of drug-likeness (QED) is 0.173. The lowest BCUT2D eigenvalue weighted by Gasteiger charge is -2.37. The Morgan fingerprint density at radius 3 is 2.17 bits per heavy atom. The van der Waals surface area contributed by atoms with Crippen LogP contribution in [0.3, 0.4) is 0 Å². The van der Waals surface area contributed by atoms with E-state index in [1.807, 2.05) is 0 Å². The molecule has 7 aromatic rings. The number of rotatable bonds is 4. The van der Waals surface area contributed by atoms with Crippen LogP contribution in [0.5, 0.6) is 0 Å². The van der Waals surface area contributed by atoms with E-state index in [1.165, 1.54) is 112 Å². The van der Waals surface area contributed by atoms with Gasteiger partial charge in [-0.15, -0.1) is 0 Å². The summed E-state index contributed by atoms with van der Waals surface area (Å²) >= 11 is 0. The fourth-order valence-corrected chi connectivity index (χ4v) is 12.0. The van der Waals surface area contributed by atoms with Crippen molar-refractivity contribution in [2.45, 2.75) is 71.1 Å². The van der Waals surface area contributed by atoms with Crippen LogP contribution in [0.2, 0.25) is 0 Å². The molecule has 0 fully saturated rings. The number of fused-ring (bicyclic) bond motifs is 11. The number of allylic oxidation sites excluding steroid dienone is 4. The zero-order valence-electron chi connectivity index (χ0n) is 34.6. The number of hydrogen-bond donors (Lipinski definition) is 0. The van der Waals surface area contributed by atoms with Gasteiger partial charge in [0.05, 0.1) is 5.69 Å². The average Bonchev–Trinajstić information content (AvgIpc) is 3.74. The first-order valence-electron chi connectivity index (χ1n) is 21.9. The van der Waals surface area contributed by atoms with Crippen molar-refractivity contribution >= 4 is 22.6 Å². The van der Waals surface area contributed by atoms with E-state index < -0.39 is 0 Å². The lowest BCUT2D eigenvalue weighted by molar-refractivity contribution is 0.613. The Hall–Kier alpha value is -6.18. The molecule has 12 rings (SSSR count). The minimum absolute atomic E-state index is 0.0358. The Kier molecular flexibility index (Phi) is 7.62. The van der Waals surface area contributed by atoms with Gasteiger partial charge in [0.1, 0.15) is 0 Å². The molecule has 0 aliphatic heterocycles. The molecule has 5 aliphatic rings. The Balaban J connectivity index is 1.06. The SMILES string of the molecule is Cc1cc(N(c2ccc3c(c2)C2=C(C=CCC2C)C3)c2cccc3c2C2CCc4ccccc4-c4cccc-3c4C2)ccc1-c1cccc2c1-c1ccccc1C2(C)C. The van der Waals surface area contributed by atoms with E-state index >= 15 is 0 Å². The number of benzene rings is 7. The van der Waals surface area contributed by atoms with E-state index in [4.69, 9.17) is 0 Å². The molecule has 1 heteroatoms. The fraction of sp³-hybridized carbons (Fsp3) is 0.207. The fourth-order valence-electron chi connectivity index (χ4n) is 12.0. The topological polar surface area (TPSA) is 3.24 Å². The summed E-state index contributed by atoms with van der Waals surface area (Å²) in [6, 6.07) is 53.9. The molecule has 2 bridgehead atoms. The maximum atomic E-state index is 2.62. The van der Waals surface area contributed by atoms with Gasteiger partial charge in [-0.2, -0.15) is 0 Å². The first kappa shape index (κ1) is 34.8. The minimum Gasteiger partial charge on any atom is -0.310 e. The summed E-state index contributed by atoms with van der Waals surface area (Å²) in [4.78, 5) is 2.62. The second-order valence-corrected chi connectivity index (χ2v) is 18.4. The first-order valence-corrected chi connectivity index (χ1v) is 21.9. The standard InChI is InChI=1S/C58H49N/c1-35-13-9-15-39-32-38-27-28-42(34-50(38)55(35)39)59(41-29-30-43(36(2)31-41)47-20-11-23-53-57(47)49-17-7-8-22-52(49)58(53,3)4)54-24-12-21-48-46-19-10-18-45-44-16-6-5-14-37(44)25-26-40(56(48)54)33-51(45)46/h5-12,14-24,27-31,34-35,40H,13,25-26,32-33H2,1-4H3. The molecule has 0 aromatic heterocycles. The van der Waals surface area contributed by atoms with Crippen LogP contribution in [-0.4, -0.2) is 0 Å². The Morgan fingerprint density at radius 1 is 0.593 bits per heavy atom. The van der Waals surface area contributed by atoms with Gasteiger partial charge in [-0.25, -0.2) is 0 Å². The predicted molar refractivity (Wildman–Crippen MR) is 248 cm³/mol. The van der Waals surface area contributed by atoms with Crippen molar-refractivity contribution in [3.8, 4) is 44.5 Å². The average molecular weight is 760 g/mol. The van der Waals surface area contributed by atoms with E-state index in [1.54, 1.807) is 5.57 Å². The molecule has 2 unspecified atom stereocenters. The molecule has 0 saturated carbocycles. The van der Waals surface area contributed by atoms with E-state index in [0.29, 0.717) is 11.8 Å². The molecule has 59 heavy (non-hydrogen) atoms. The van der Waals surface area contributed by atoms with Gasteiger partial charge in [0, 0.05) is 16.8 Å². The lowest BCUT2D eigenvalue weighted by Crippen LogP contribution is -2.20. The van der Waals surface area contributed by atoms with Gasteiger partial charge in [-0.05, 0) is 181 Å². The van der Waals surface area contributed by atoms with Crippen LogP contribution < -0.4 is 4.90 Å². The van der Waals surface area contributed by atoms with Gasteiger partial charge in [0.2, 0.25) is 0 Å². The normalized spacial score (nSPS) is 18.5. The molecule has 0 radical (unpaired) electrons. The van der Waals surface area contributed by atoms with Gasteiger partial charge >= 0.3 is 0 Å². The summed E-state index contributed by atoms with van der Waals surface area (Å²) in [5.74, 6) is 0.936. The highest BCUT2D eigenvalue weighted by Gasteiger charge is 2.37. The van der Waals surface area contributed by atoms with Crippen molar-refractivity contribution in [2.24, 2.45) is 5.92 Å². The maximum Gasteiger partial charge on any atom is 0.0502 e. The summed E-state index contributed by atoms with van der Waals surface area (Å²) in [5, 5.41) is 0. The third kappa shape index (κ3) is 5.10. The summed E-state index contributed by atoms with van der Waals surface area (Å²) in [7, 11) is 0. The zero-order valence-corrected chi connectivity index (χ0v) is 34.6. The predicted octanol–water partition coefficient (Wildman–Crippen LogP) is 15.3. The number of aryl methyl sites for hydroxylation is 2. The zero-order chi connectivity index (χ0) is 39.6. The van der Waals surface area contributed by atoms with Crippen molar-refractivity contribution in [1.29, 1.82) is 0 Å². The van der Waals surface area contributed by atoms with Crippen molar-refractivity contribution in [2.75, 3.05) is 4.90 Å². The van der Waals surface area contributed by atoms with E-state index in [9.17, 15) is 0 Å². The third-order valence-electron chi connectivity index (χ3n) is 14.8. The Bertz CT molecular complexity index is 2990. The van der Waals surface area contributed by atoms with Crippen molar-refractivity contribution < 1.29 is 0 Å². The number of anilines is 3. The molecule has 2 atom stereocenters. The summed E-state index contributed by atoms with van der Waals surface area (Å²) in [5.41, 5.74) is 29.3. The smallest absolute Gasteiger partial charge is 0.0502 e. The van der Waals surface area contributed by atoms with Crippen LogP contribution in [0, 0.1) is 12.8 Å². The number of nitrogens with zero attached hydrogens (tertiary/aromatic N) is 1. The number of hydrogen-bond acceptors (Lipinski definition) is 1. The maximum absolute atomic E-state index is 2.62. The monoisotopic (exact) mass is 759 g/mol. The van der Waals surface area contributed by atoms with Crippen LogP contribution in [-0.2, 0) is 24.7 Å². The van der Waals surface area contributed by atoms with Gasteiger partial charge in [0.15, 0.2) is 0 Å². The summed E-state index contributed by atoms with van der Waals surface area (Å²) < 4.78 is 0. The molecule has 286 valence electrons. The molecule has 1 nitrogen and oxygen atoms in total. The highest BCUT2D eigenvalue weighted by molar-refractivity contribution is 5.95. The summed E-state index contributed by atoms with van der Waals surface area (Å²) in [6.07, 6.45) is 10.2. The Labute approximate surface area is 349 Å². The molecular formula is C58H49N. The van der Waals surface area contributed by atoms with Gasteiger partial charge in [0.25, 0.3) is 0 Å². The highest BCUT2D eigenvalue weighted by Crippen LogP contribution is 2.55. The van der Waals surface area contributed by atoms with Crippen LogP contribution in [0.25, 0.3) is 50.1 Å². The van der Waals surface area contributed by atoms with Crippen LogP contribution in [0.15, 0.2) is 157 Å². The minimum atomic E-state index is -0.0358. The summed E-state index contributed by atoms with van der Waals surface area (Å²) in [6.45, 7) is 9.49. The van der Waals surface area contributed by atoms with Gasteiger partial charge in [-0.3, -0.25) is 0 Å². The molecular weight excluding hydrogens is 711 g/mol. The first-order chi connectivity index (χ1) is 28.8. The van der Waals surface area contributed by atoms with Crippen LogP contribution >= 0.6 is 0 Å². The molecule has 7 aromatic carbocycles. The van der Waals surface area contributed by atoms with Crippen molar-refractivity contribution in [3.05, 3.63) is 202 Å². The highest BCUT2D eigenvalue weighted by atomic mass is 15.1. The van der Waals surface area contributed by atoms with Crippen LogP contribution in [0.4, 0.5) is 17.1 Å². The second-order valence-electron chi connectivity index (χ2n) is 18.4. The lowest BCUT2D eigenvalue weighted by atomic mass is 9.71. The molecule has 5 aliphatic carbocycles. The molecule has 0 saturated heterocycles. The Morgan fingerprint density at radius 2 is 1.29 bits per heavy atom. The van der Waals surface area contributed by atoms with E-state index in [-0.39, 0.29) is 5.41 Å². The molecule has 0 amide bonds. The molecule has 0 heterocycles. The molecule has 0 spiro atoms. The van der Waals surface area contributed by atoms with Gasteiger partial charge < -0.3 is 4.90 Å². The van der Waals surface area contributed by atoms with E-state index in [2.05, 4.69) is 184 Å². The molecule has 0 N–H and O–H groups in total. The second kappa shape index (κ2) is 12.9. The largest absolute Gasteiger partial charge is 0.310 e. The van der Waals surface area contributed by atoms with Crippen molar-refractivity contribution in [3.63, 3.8) is 0 Å².